The van der Waals surface area contributed by atoms with Gasteiger partial charge in [0.1, 0.15) is 5.75 Å². The zero-order chi connectivity index (χ0) is 25.7. The number of methoxy groups -OCH3 is 2. The number of carbonyl (C=O) groups excluding carboxylic acids is 3. The first-order chi connectivity index (χ1) is 16.7. The molecule has 0 saturated heterocycles. The molecule has 2 amide bonds. The molecule has 0 aliphatic carbocycles. The minimum absolute atomic E-state index is 0.177. The number of hydrogen-bond donors (Lipinski definition) is 1. The maximum absolute atomic E-state index is 12.9. The standard InChI is InChI=1S/C26H30N4O5/c1-16-21(12-14-24(31)35-6)17(2)30(28-16)20-10-7-18(8-11-20)25(32)27-22-15-19(26(33)29(3)4)9-13-23(22)34-5/h7-11,13,15H,12,14H2,1-6H3,(H,27,32). The SMILES string of the molecule is COC(=O)CCc1c(C)nn(-c2ccc(C(=O)Nc3cc(C(=O)N(C)C)ccc3OC)cc2)c1C. The Kier molecular flexibility index (Phi) is 7.91. The van der Waals surface area contributed by atoms with E-state index in [1.807, 2.05) is 26.0 Å². The van der Waals surface area contributed by atoms with Crippen molar-refractivity contribution in [2.45, 2.75) is 26.7 Å². The third-order valence-corrected chi connectivity index (χ3v) is 5.72. The van der Waals surface area contributed by atoms with Gasteiger partial charge in [0.15, 0.2) is 0 Å². The fourth-order valence-electron chi connectivity index (χ4n) is 3.76. The Hall–Kier alpha value is -4.14. The average molecular weight is 479 g/mol. The number of aromatic nitrogens is 2. The van der Waals surface area contributed by atoms with Crippen molar-refractivity contribution in [2.75, 3.05) is 33.6 Å². The number of hydrogen-bond acceptors (Lipinski definition) is 6. The zero-order valence-corrected chi connectivity index (χ0v) is 20.8. The van der Waals surface area contributed by atoms with E-state index in [1.165, 1.54) is 19.1 Å². The Morgan fingerprint density at radius 3 is 2.26 bits per heavy atom. The van der Waals surface area contributed by atoms with Gasteiger partial charge in [0.25, 0.3) is 11.8 Å². The minimum Gasteiger partial charge on any atom is -0.495 e. The van der Waals surface area contributed by atoms with Crippen LogP contribution in [0, 0.1) is 13.8 Å². The molecule has 35 heavy (non-hydrogen) atoms. The van der Waals surface area contributed by atoms with E-state index < -0.39 is 0 Å². The lowest BCUT2D eigenvalue weighted by Gasteiger charge is -2.14. The monoisotopic (exact) mass is 478 g/mol. The molecular formula is C26H30N4O5. The van der Waals surface area contributed by atoms with Crippen molar-refractivity contribution in [1.29, 1.82) is 0 Å². The van der Waals surface area contributed by atoms with E-state index in [9.17, 15) is 14.4 Å². The number of aryl methyl sites for hydroxylation is 1. The summed E-state index contributed by atoms with van der Waals surface area (Å²) in [7, 11) is 6.20. The van der Waals surface area contributed by atoms with Gasteiger partial charge in [-0.15, -0.1) is 0 Å². The Labute approximate surface area is 204 Å². The highest BCUT2D eigenvalue weighted by atomic mass is 16.5. The van der Waals surface area contributed by atoms with E-state index in [0.29, 0.717) is 29.0 Å². The van der Waals surface area contributed by atoms with Crippen LogP contribution < -0.4 is 10.1 Å². The Bertz CT molecular complexity index is 1250. The number of rotatable bonds is 8. The van der Waals surface area contributed by atoms with Gasteiger partial charge in [-0.2, -0.15) is 5.10 Å². The van der Waals surface area contributed by atoms with Crippen LogP contribution in [0.15, 0.2) is 42.5 Å². The second kappa shape index (κ2) is 10.9. The van der Waals surface area contributed by atoms with Crippen LogP contribution >= 0.6 is 0 Å². The first-order valence-electron chi connectivity index (χ1n) is 11.1. The summed E-state index contributed by atoms with van der Waals surface area (Å²) in [4.78, 5) is 38.2. The predicted molar refractivity (Wildman–Crippen MR) is 132 cm³/mol. The smallest absolute Gasteiger partial charge is 0.305 e. The van der Waals surface area contributed by atoms with Crippen molar-refractivity contribution in [2.24, 2.45) is 0 Å². The van der Waals surface area contributed by atoms with E-state index in [1.54, 1.807) is 49.1 Å². The molecule has 3 aromatic rings. The molecular weight excluding hydrogens is 448 g/mol. The van der Waals surface area contributed by atoms with E-state index in [-0.39, 0.29) is 24.2 Å². The van der Waals surface area contributed by atoms with Gasteiger partial charge >= 0.3 is 5.97 Å². The summed E-state index contributed by atoms with van der Waals surface area (Å²) in [5.41, 5.74) is 4.84. The Morgan fingerprint density at radius 1 is 1.00 bits per heavy atom. The molecule has 0 fully saturated rings. The fraction of sp³-hybridized carbons (Fsp3) is 0.308. The van der Waals surface area contributed by atoms with E-state index in [2.05, 4.69) is 10.4 Å². The molecule has 0 aliphatic rings. The number of nitrogens with one attached hydrogen (secondary N) is 1. The molecule has 0 radical (unpaired) electrons. The zero-order valence-electron chi connectivity index (χ0n) is 20.8. The maximum Gasteiger partial charge on any atom is 0.305 e. The van der Waals surface area contributed by atoms with Crippen LogP contribution in [0.1, 0.15) is 44.1 Å². The molecule has 184 valence electrons. The molecule has 9 heteroatoms. The van der Waals surface area contributed by atoms with E-state index in [0.717, 1.165) is 22.6 Å². The highest BCUT2D eigenvalue weighted by Crippen LogP contribution is 2.27. The molecule has 0 aliphatic heterocycles. The van der Waals surface area contributed by atoms with Gasteiger partial charge in [-0.05, 0) is 68.3 Å². The molecule has 9 nitrogen and oxygen atoms in total. The molecule has 0 bridgehead atoms. The van der Waals surface area contributed by atoms with Gasteiger partial charge < -0.3 is 19.7 Å². The normalized spacial score (nSPS) is 10.6. The lowest BCUT2D eigenvalue weighted by molar-refractivity contribution is -0.140. The second-order valence-electron chi connectivity index (χ2n) is 8.25. The summed E-state index contributed by atoms with van der Waals surface area (Å²) in [5.74, 6) is -0.327. The van der Waals surface area contributed by atoms with Crippen LogP contribution in [0.5, 0.6) is 5.75 Å². The lowest BCUT2D eigenvalue weighted by atomic mass is 10.1. The van der Waals surface area contributed by atoms with Gasteiger partial charge in [-0.1, -0.05) is 0 Å². The van der Waals surface area contributed by atoms with Crippen molar-refractivity contribution in [1.82, 2.24) is 14.7 Å². The van der Waals surface area contributed by atoms with Crippen LogP contribution in [0.3, 0.4) is 0 Å². The van der Waals surface area contributed by atoms with Crippen molar-refractivity contribution in [3.63, 3.8) is 0 Å². The third-order valence-electron chi connectivity index (χ3n) is 5.72. The summed E-state index contributed by atoms with van der Waals surface area (Å²) < 4.78 is 11.9. The van der Waals surface area contributed by atoms with Gasteiger partial charge in [0.2, 0.25) is 0 Å². The molecule has 0 spiro atoms. The van der Waals surface area contributed by atoms with Crippen LogP contribution in [0.4, 0.5) is 5.69 Å². The Balaban J connectivity index is 1.80. The second-order valence-corrected chi connectivity index (χ2v) is 8.25. The minimum atomic E-state index is -0.337. The number of nitrogens with zero attached hydrogens (tertiary/aromatic N) is 3. The summed E-state index contributed by atoms with van der Waals surface area (Å²) in [6.45, 7) is 3.85. The van der Waals surface area contributed by atoms with Crippen LogP contribution in [0.25, 0.3) is 5.69 Å². The third kappa shape index (κ3) is 5.68. The van der Waals surface area contributed by atoms with Gasteiger partial charge in [0, 0.05) is 37.3 Å². The number of amides is 2. The molecule has 1 heterocycles. The molecule has 1 aromatic heterocycles. The molecule has 3 rings (SSSR count). The summed E-state index contributed by atoms with van der Waals surface area (Å²) in [6.07, 6.45) is 0.829. The quantitative estimate of drug-likeness (QED) is 0.497. The largest absolute Gasteiger partial charge is 0.495 e. The number of benzene rings is 2. The highest BCUT2D eigenvalue weighted by molar-refractivity contribution is 6.06. The van der Waals surface area contributed by atoms with Gasteiger partial charge in [0.05, 0.1) is 31.3 Å². The fourth-order valence-corrected chi connectivity index (χ4v) is 3.76. The number of carbonyl (C=O) groups is 3. The summed E-state index contributed by atoms with van der Waals surface area (Å²) in [5, 5.41) is 7.43. The van der Waals surface area contributed by atoms with Crippen molar-refractivity contribution in [3.05, 3.63) is 70.5 Å². The number of ether oxygens (including phenoxy) is 2. The van der Waals surface area contributed by atoms with Gasteiger partial charge in [-0.25, -0.2) is 4.68 Å². The highest BCUT2D eigenvalue weighted by Gasteiger charge is 2.17. The lowest BCUT2D eigenvalue weighted by Crippen LogP contribution is -2.22. The van der Waals surface area contributed by atoms with Crippen LogP contribution in [0.2, 0.25) is 0 Å². The average Bonchev–Trinajstić information content (AvgIpc) is 3.14. The summed E-state index contributed by atoms with van der Waals surface area (Å²) in [6, 6.07) is 11.9. The number of esters is 1. The first-order valence-corrected chi connectivity index (χ1v) is 11.1. The molecule has 0 saturated carbocycles. The number of anilines is 1. The van der Waals surface area contributed by atoms with E-state index >= 15 is 0 Å². The van der Waals surface area contributed by atoms with E-state index in [4.69, 9.17) is 9.47 Å². The van der Waals surface area contributed by atoms with Crippen molar-refractivity contribution >= 4 is 23.5 Å². The topological polar surface area (TPSA) is 103 Å². The molecule has 1 N–H and O–H groups in total. The molecule has 0 unspecified atom stereocenters. The van der Waals surface area contributed by atoms with Crippen LogP contribution in [-0.2, 0) is 16.0 Å². The van der Waals surface area contributed by atoms with Crippen molar-refractivity contribution < 1.29 is 23.9 Å². The maximum atomic E-state index is 12.9. The Morgan fingerprint density at radius 2 is 1.66 bits per heavy atom. The molecule has 2 aromatic carbocycles. The van der Waals surface area contributed by atoms with Gasteiger partial charge in [-0.3, -0.25) is 14.4 Å². The van der Waals surface area contributed by atoms with Crippen LogP contribution in [-0.4, -0.2) is 60.8 Å². The molecule has 0 atom stereocenters. The summed E-state index contributed by atoms with van der Waals surface area (Å²) >= 11 is 0. The van der Waals surface area contributed by atoms with Crippen molar-refractivity contribution in [3.8, 4) is 11.4 Å². The first kappa shape index (κ1) is 25.5. The predicted octanol–water partition coefficient (Wildman–Crippen LogP) is 3.56.